The molecule has 0 nitrogen and oxygen atoms in total. The largest absolute Gasteiger partial charge is 0.126 e. The fourth-order valence-corrected chi connectivity index (χ4v) is 4.53. The highest BCUT2D eigenvalue weighted by molar-refractivity contribution is 9.09. The molecule has 2 heteroatoms. The summed E-state index contributed by atoms with van der Waals surface area (Å²) in [6, 6.07) is 8.91. The van der Waals surface area contributed by atoms with E-state index in [0.717, 1.165) is 0 Å². The fourth-order valence-electron chi connectivity index (χ4n) is 2.31. The fraction of sp³-hybridized carbons (Fsp3) is 0.571. The Balaban J connectivity index is 1.93. The number of alkyl halides is 1. The van der Waals surface area contributed by atoms with Gasteiger partial charge in [-0.2, -0.15) is 0 Å². The van der Waals surface area contributed by atoms with E-state index >= 15 is 0 Å². The van der Waals surface area contributed by atoms with Crippen LogP contribution >= 0.6 is 27.7 Å². The Hall–Kier alpha value is 0.0500. The first-order valence-corrected chi connectivity index (χ1v) is 8.10. The normalized spacial score (nSPS) is 18.9. The van der Waals surface area contributed by atoms with Gasteiger partial charge in [-0.15, -0.1) is 11.8 Å². The van der Waals surface area contributed by atoms with E-state index in [1.54, 1.807) is 0 Å². The Bertz CT molecular complexity index is 325. The third kappa shape index (κ3) is 3.04. The zero-order valence-electron chi connectivity index (χ0n) is 9.84. The molecule has 1 aliphatic carbocycles. The number of hydrogen-bond donors (Lipinski definition) is 0. The minimum absolute atomic E-state index is 0.565. The number of benzene rings is 1. The molecule has 2 rings (SSSR count). The van der Waals surface area contributed by atoms with Crippen molar-refractivity contribution in [3.63, 3.8) is 0 Å². The molecule has 1 aromatic carbocycles. The van der Waals surface area contributed by atoms with Crippen molar-refractivity contribution >= 4 is 27.7 Å². The lowest BCUT2D eigenvalue weighted by atomic mass is 9.92. The molecule has 0 unspecified atom stereocenters. The SMILES string of the molecule is Cc1ccc(SCC2(CBr)CCCC2)cc1. The van der Waals surface area contributed by atoms with Gasteiger partial charge in [-0.05, 0) is 37.3 Å². The predicted octanol–water partition coefficient (Wildman–Crippen LogP) is 5.04. The first kappa shape index (κ1) is 12.5. The highest BCUT2D eigenvalue weighted by Crippen LogP contribution is 2.43. The first-order valence-electron chi connectivity index (χ1n) is 6.00. The Labute approximate surface area is 111 Å². The molecule has 0 aromatic heterocycles. The smallest absolute Gasteiger partial charge is 0.00959 e. The van der Waals surface area contributed by atoms with Gasteiger partial charge in [-0.3, -0.25) is 0 Å². The Morgan fingerprint density at radius 2 is 1.81 bits per heavy atom. The maximum Gasteiger partial charge on any atom is 0.00959 e. The van der Waals surface area contributed by atoms with Gasteiger partial charge in [0.05, 0.1) is 0 Å². The summed E-state index contributed by atoms with van der Waals surface area (Å²) >= 11 is 5.73. The third-order valence-corrected chi connectivity index (χ3v) is 6.07. The molecular weight excluding hydrogens is 280 g/mol. The highest BCUT2D eigenvalue weighted by atomic mass is 79.9. The zero-order chi connectivity index (χ0) is 11.4. The molecule has 0 spiro atoms. The zero-order valence-corrected chi connectivity index (χ0v) is 12.2. The van der Waals surface area contributed by atoms with Gasteiger partial charge in [0.15, 0.2) is 0 Å². The van der Waals surface area contributed by atoms with Gasteiger partial charge in [-0.25, -0.2) is 0 Å². The lowest BCUT2D eigenvalue weighted by molar-refractivity contribution is 0.405. The van der Waals surface area contributed by atoms with Gasteiger partial charge < -0.3 is 0 Å². The van der Waals surface area contributed by atoms with Crippen molar-refractivity contribution in [1.82, 2.24) is 0 Å². The van der Waals surface area contributed by atoms with Gasteiger partial charge in [0.1, 0.15) is 0 Å². The van der Waals surface area contributed by atoms with E-state index in [-0.39, 0.29) is 0 Å². The van der Waals surface area contributed by atoms with Crippen molar-refractivity contribution in [2.45, 2.75) is 37.5 Å². The molecule has 0 aliphatic heterocycles. The van der Waals surface area contributed by atoms with Gasteiger partial charge in [0, 0.05) is 16.0 Å². The van der Waals surface area contributed by atoms with Crippen molar-refractivity contribution in [2.75, 3.05) is 11.1 Å². The van der Waals surface area contributed by atoms with Crippen LogP contribution in [0, 0.1) is 12.3 Å². The summed E-state index contributed by atoms with van der Waals surface area (Å²) in [5.74, 6) is 1.27. The van der Waals surface area contributed by atoms with Crippen LogP contribution in [0.15, 0.2) is 29.2 Å². The molecule has 1 saturated carbocycles. The van der Waals surface area contributed by atoms with Crippen molar-refractivity contribution in [3.8, 4) is 0 Å². The van der Waals surface area contributed by atoms with Gasteiger partial charge >= 0.3 is 0 Å². The number of rotatable bonds is 4. The van der Waals surface area contributed by atoms with E-state index in [1.807, 2.05) is 11.8 Å². The summed E-state index contributed by atoms with van der Waals surface area (Å²) < 4.78 is 0. The Morgan fingerprint density at radius 1 is 1.19 bits per heavy atom. The molecule has 0 saturated heterocycles. The molecule has 88 valence electrons. The standard InChI is InChI=1S/C14H19BrS/c1-12-4-6-13(7-5-12)16-11-14(10-15)8-2-3-9-14/h4-7H,2-3,8-11H2,1H3. The maximum atomic E-state index is 3.71. The van der Waals surface area contributed by atoms with E-state index in [4.69, 9.17) is 0 Å². The molecule has 0 radical (unpaired) electrons. The topological polar surface area (TPSA) is 0 Å². The number of thioether (sulfide) groups is 1. The van der Waals surface area contributed by atoms with Crippen LogP contribution in [0.4, 0.5) is 0 Å². The van der Waals surface area contributed by atoms with Gasteiger partial charge in [-0.1, -0.05) is 46.5 Å². The Kier molecular flexibility index (Phi) is 4.37. The predicted molar refractivity (Wildman–Crippen MR) is 76.6 cm³/mol. The summed E-state index contributed by atoms with van der Waals surface area (Å²) in [6.45, 7) is 2.14. The van der Waals surface area contributed by atoms with E-state index in [9.17, 15) is 0 Å². The molecule has 1 aromatic rings. The van der Waals surface area contributed by atoms with E-state index in [2.05, 4.69) is 47.1 Å². The Morgan fingerprint density at radius 3 is 2.38 bits per heavy atom. The second-order valence-electron chi connectivity index (χ2n) is 4.94. The molecule has 0 heterocycles. The summed E-state index contributed by atoms with van der Waals surface area (Å²) in [4.78, 5) is 1.41. The lowest BCUT2D eigenvalue weighted by Gasteiger charge is -2.25. The molecule has 0 bridgehead atoms. The molecule has 1 fully saturated rings. The van der Waals surface area contributed by atoms with E-state index in [1.165, 1.54) is 47.2 Å². The number of hydrogen-bond acceptors (Lipinski definition) is 1. The van der Waals surface area contributed by atoms with E-state index < -0.39 is 0 Å². The highest BCUT2D eigenvalue weighted by Gasteiger charge is 2.32. The minimum Gasteiger partial charge on any atom is -0.126 e. The van der Waals surface area contributed by atoms with Crippen LogP contribution in [0.25, 0.3) is 0 Å². The second-order valence-corrected chi connectivity index (χ2v) is 6.55. The van der Waals surface area contributed by atoms with E-state index in [0.29, 0.717) is 5.41 Å². The molecule has 0 amide bonds. The third-order valence-electron chi connectivity index (χ3n) is 3.51. The van der Waals surface area contributed by atoms with Crippen LogP contribution in [-0.4, -0.2) is 11.1 Å². The number of halogens is 1. The van der Waals surface area contributed by atoms with Crippen molar-refractivity contribution in [3.05, 3.63) is 29.8 Å². The van der Waals surface area contributed by atoms with Crippen LogP contribution < -0.4 is 0 Å². The molecule has 16 heavy (non-hydrogen) atoms. The average Bonchev–Trinajstić information content (AvgIpc) is 2.78. The van der Waals surface area contributed by atoms with Crippen LogP contribution in [0.5, 0.6) is 0 Å². The van der Waals surface area contributed by atoms with Crippen molar-refractivity contribution < 1.29 is 0 Å². The van der Waals surface area contributed by atoms with Crippen LogP contribution in [0.1, 0.15) is 31.2 Å². The average molecular weight is 299 g/mol. The monoisotopic (exact) mass is 298 g/mol. The maximum absolute atomic E-state index is 3.71. The molecule has 1 aliphatic rings. The minimum atomic E-state index is 0.565. The van der Waals surface area contributed by atoms with Crippen molar-refractivity contribution in [2.24, 2.45) is 5.41 Å². The lowest BCUT2D eigenvalue weighted by Crippen LogP contribution is -2.21. The number of aryl methyl sites for hydroxylation is 1. The van der Waals surface area contributed by atoms with Gasteiger partial charge in [0.25, 0.3) is 0 Å². The molecule has 0 atom stereocenters. The van der Waals surface area contributed by atoms with Crippen LogP contribution in [-0.2, 0) is 0 Å². The summed E-state index contributed by atoms with van der Waals surface area (Å²) in [6.07, 6.45) is 5.63. The van der Waals surface area contributed by atoms with Crippen molar-refractivity contribution in [1.29, 1.82) is 0 Å². The first-order chi connectivity index (χ1) is 7.74. The molecular formula is C14H19BrS. The van der Waals surface area contributed by atoms with Crippen LogP contribution in [0.3, 0.4) is 0 Å². The summed E-state index contributed by atoms with van der Waals surface area (Å²) in [7, 11) is 0. The second kappa shape index (κ2) is 5.59. The molecule has 0 N–H and O–H groups in total. The van der Waals surface area contributed by atoms with Gasteiger partial charge in [0.2, 0.25) is 0 Å². The summed E-state index contributed by atoms with van der Waals surface area (Å²) in [5, 5.41) is 1.17. The summed E-state index contributed by atoms with van der Waals surface area (Å²) in [5.41, 5.74) is 1.91. The quantitative estimate of drug-likeness (QED) is 0.554. The van der Waals surface area contributed by atoms with Crippen LogP contribution in [0.2, 0.25) is 0 Å².